The fourth-order valence-electron chi connectivity index (χ4n) is 6.63. The standard InChI is InChI=1S/C32H7F21N4S3/c1-8-10(31(56-2)57-3)4-12-14(8)15(18-20(33)24(37)29(25(38)21(18)34)59(44,45,46,47)48)13-5-11(9(6-54)7-55)28(58-32(41,42)43)17(13)16(12)19-22(35)26(39)30(27(40)23(19)36)60(49,50,51,52)53/h4-5H2,1H3. The molecule has 0 spiro atoms. The van der Waals surface area contributed by atoms with Crippen molar-refractivity contribution in [2.45, 2.75) is 35.1 Å². The van der Waals surface area contributed by atoms with Crippen LogP contribution < -0.4 is 10.4 Å². The van der Waals surface area contributed by atoms with Gasteiger partial charge in [0, 0.05) is 22.1 Å². The van der Waals surface area contributed by atoms with Crippen LogP contribution >= 0.6 is 32.2 Å². The molecule has 0 saturated heterocycles. The first-order valence-electron chi connectivity index (χ1n) is 14.7. The van der Waals surface area contributed by atoms with Gasteiger partial charge in [0.25, 0.3) is 0 Å². The molecule has 3 aromatic rings. The fraction of sp³-hybridized carbons (Fsp3) is 0.125. The van der Waals surface area contributed by atoms with Crippen LogP contribution in [0.15, 0.2) is 32.3 Å². The lowest BCUT2D eigenvalue weighted by atomic mass is 9.86. The average Bonchev–Trinajstić information content (AvgIpc) is 3.59. The average molecular weight is 943 g/mol. The number of allylic oxidation sites excluding steroid dienone is 2. The third kappa shape index (κ3) is 7.13. The third-order valence-electron chi connectivity index (χ3n) is 8.69. The van der Waals surface area contributed by atoms with Crippen LogP contribution in [0.3, 0.4) is 0 Å². The number of alkyl halides is 3. The van der Waals surface area contributed by atoms with E-state index in [4.69, 9.17) is 13.1 Å². The second-order valence-electron chi connectivity index (χ2n) is 12.3. The number of thioether (sulfide) groups is 1. The highest BCUT2D eigenvalue weighted by atomic mass is 32.5. The number of halogens is 21. The summed E-state index contributed by atoms with van der Waals surface area (Å²) in [5, 5.41) is 15.9. The molecule has 0 amide bonds. The minimum absolute atomic E-state index is 0.616. The van der Waals surface area contributed by atoms with Crippen molar-refractivity contribution >= 4 is 42.7 Å². The molecular weight excluding hydrogens is 936 g/mol. The smallest absolute Gasteiger partial charge is 0.203 e. The first kappa shape index (κ1) is 45.5. The zero-order valence-electron chi connectivity index (χ0n) is 27.9. The number of benzene rings is 3. The van der Waals surface area contributed by atoms with Crippen LogP contribution in [0.4, 0.5) is 87.2 Å². The monoisotopic (exact) mass is 942 g/mol. The topological polar surface area (TPSA) is 56.3 Å². The van der Waals surface area contributed by atoms with Gasteiger partial charge in [-0.2, -0.15) is 33.4 Å². The summed E-state index contributed by atoms with van der Waals surface area (Å²) in [5.41, 5.74) is -22.6. The summed E-state index contributed by atoms with van der Waals surface area (Å²) in [5.74, 6) is -31.0. The van der Waals surface area contributed by atoms with E-state index in [0.717, 1.165) is 12.1 Å². The zero-order valence-corrected chi connectivity index (χ0v) is 30.3. The predicted molar refractivity (Wildman–Crippen MR) is 171 cm³/mol. The van der Waals surface area contributed by atoms with Gasteiger partial charge in [0.1, 0.15) is 30.9 Å². The third-order valence-corrected chi connectivity index (χ3v) is 11.8. The van der Waals surface area contributed by atoms with Gasteiger partial charge >= 0.3 is 31.8 Å². The number of nitriles is 2. The summed E-state index contributed by atoms with van der Waals surface area (Å²) in [7, 11) is -23.7. The van der Waals surface area contributed by atoms with Crippen LogP contribution in [0.25, 0.3) is 42.4 Å². The maximum absolute atomic E-state index is 16.0. The van der Waals surface area contributed by atoms with Gasteiger partial charge < -0.3 is 0 Å². The Balaban J connectivity index is 2.32. The molecule has 0 bridgehead atoms. The van der Waals surface area contributed by atoms with E-state index in [1.165, 1.54) is 0 Å². The Labute approximate surface area is 322 Å². The molecular formula is C32H7F21N4S3. The molecule has 4 nitrogen and oxygen atoms in total. The lowest BCUT2D eigenvalue weighted by Gasteiger charge is -2.41. The van der Waals surface area contributed by atoms with E-state index in [-0.39, 0.29) is 0 Å². The summed E-state index contributed by atoms with van der Waals surface area (Å²) in [4.78, 5) is -5.30. The summed E-state index contributed by atoms with van der Waals surface area (Å²) in [6, 6.07) is 2.01. The van der Waals surface area contributed by atoms with Gasteiger partial charge in [0.2, 0.25) is 0 Å². The summed E-state index contributed by atoms with van der Waals surface area (Å²) in [6.07, 6.45) is -3.25. The number of nitrogens with zero attached hydrogens (tertiary/aromatic N) is 4. The highest BCUT2D eigenvalue weighted by Gasteiger charge is 2.71. The SMILES string of the molecule is [C-]#[N+]C([N+]#[C-])=C1Cc2c(-c3c(F)c(F)c(S(F)(F)(F)(F)F)c(F)c3F)c3c(c(-c4c(F)c(F)c(S(F)(F)(F)(F)F)c(F)c4F)c2=C1C)CC(=C(C#N)C#N)C=3SC(F)(F)F. The highest BCUT2D eigenvalue weighted by Crippen LogP contribution is 3.03. The van der Waals surface area contributed by atoms with Crippen LogP contribution in [-0.4, -0.2) is 5.51 Å². The van der Waals surface area contributed by atoms with Crippen molar-refractivity contribution in [3.8, 4) is 34.4 Å². The van der Waals surface area contributed by atoms with Crippen LogP contribution in [0.1, 0.15) is 18.1 Å². The maximum atomic E-state index is 16.0. The quantitative estimate of drug-likeness (QED) is 0.111. The van der Waals surface area contributed by atoms with Gasteiger partial charge in [-0.1, -0.05) is 38.9 Å². The molecule has 2 aliphatic carbocycles. The van der Waals surface area contributed by atoms with Gasteiger partial charge in [-0.15, -0.1) is 0 Å². The molecule has 60 heavy (non-hydrogen) atoms. The molecule has 5 rings (SSSR count). The van der Waals surface area contributed by atoms with Crippen molar-refractivity contribution in [3.05, 3.63) is 113 Å². The molecule has 0 atom stereocenters. The number of rotatable bonds is 5. The van der Waals surface area contributed by atoms with Gasteiger partial charge in [0.05, 0.1) is 16.7 Å². The molecule has 0 aromatic heterocycles. The van der Waals surface area contributed by atoms with Crippen molar-refractivity contribution in [2.75, 3.05) is 0 Å². The summed E-state index contributed by atoms with van der Waals surface area (Å²) in [6.45, 7) is 15.2. The minimum Gasteiger partial charge on any atom is -0.203 e. The van der Waals surface area contributed by atoms with Gasteiger partial charge in [-0.05, 0) is 58.2 Å². The second-order valence-corrected chi connectivity index (χ2v) is 18.0. The number of hydrogen-bond donors (Lipinski definition) is 0. The van der Waals surface area contributed by atoms with Crippen LogP contribution in [0.5, 0.6) is 0 Å². The second kappa shape index (κ2) is 12.3. The summed E-state index contributed by atoms with van der Waals surface area (Å²) >= 11 is -1.57. The number of fused-ring (bicyclic) bond motifs is 2. The first-order valence-corrected chi connectivity index (χ1v) is 19.4. The molecule has 0 radical (unpaired) electrons. The highest BCUT2D eigenvalue weighted by molar-refractivity contribution is 8.46. The van der Waals surface area contributed by atoms with Crippen LogP contribution in [-0.2, 0) is 12.8 Å². The lowest BCUT2D eigenvalue weighted by Crippen LogP contribution is -2.27. The largest absolute Gasteiger partial charge is 0.523 e. The molecule has 28 heteroatoms. The van der Waals surface area contributed by atoms with Crippen molar-refractivity contribution in [3.63, 3.8) is 0 Å². The molecule has 0 saturated carbocycles. The zero-order chi connectivity index (χ0) is 46.1. The molecule has 3 aromatic carbocycles. The Morgan fingerprint density at radius 3 is 1.22 bits per heavy atom. The molecule has 0 N–H and O–H groups in total. The molecule has 2 aliphatic rings. The van der Waals surface area contributed by atoms with E-state index < -0.39 is 184 Å². The van der Waals surface area contributed by atoms with Crippen molar-refractivity contribution in [1.82, 2.24) is 0 Å². The fourth-order valence-corrected chi connectivity index (χ4v) is 9.20. The molecule has 0 aliphatic heterocycles. The Hall–Kier alpha value is -5.58. The van der Waals surface area contributed by atoms with Crippen molar-refractivity contribution < 1.29 is 87.2 Å². The Morgan fingerprint density at radius 1 is 0.567 bits per heavy atom. The van der Waals surface area contributed by atoms with Gasteiger partial charge in [-0.3, -0.25) is 0 Å². The summed E-state index contributed by atoms with van der Waals surface area (Å²) < 4.78 is 305. The van der Waals surface area contributed by atoms with Crippen LogP contribution in [0.2, 0.25) is 0 Å². The Kier molecular flexibility index (Phi) is 9.30. The minimum atomic E-state index is -11.9. The van der Waals surface area contributed by atoms with E-state index >= 15 is 35.1 Å². The number of hydrogen-bond acceptors (Lipinski definition) is 3. The van der Waals surface area contributed by atoms with E-state index in [0.29, 0.717) is 6.92 Å². The van der Waals surface area contributed by atoms with Gasteiger partial charge in [-0.25, -0.2) is 35.1 Å². The molecule has 320 valence electrons. The van der Waals surface area contributed by atoms with Crippen molar-refractivity contribution in [1.29, 1.82) is 10.5 Å². The maximum Gasteiger partial charge on any atom is 0.523 e. The van der Waals surface area contributed by atoms with Gasteiger partial charge in [0.15, 0.2) is 56.3 Å². The molecule has 0 unspecified atom stereocenters. The predicted octanol–water partition coefficient (Wildman–Crippen LogP) is 13.5. The Morgan fingerprint density at radius 2 is 0.900 bits per heavy atom. The van der Waals surface area contributed by atoms with E-state index in [1.54, 1.807) is 0 Å². The van der Waals surface area contributed by atoms with Crippen molar-refractivity contribution in [2.24, 2.45) is 0 Å². The normalized spacial score (nSPS) is 16.4. The first-order chi connectivity index (χ1) is 26.8. The van der Waals surface area contributed by atoms with E-state index in [1.807, 2.05) is 0 Å². The molecule has 0 heterocycles. The lowest BCUT2D eigenvalue weighted by molar-refractivity contribution is -0.0318. The Bertz CT molecular complexity index is 2890. The van der Waals surface area contributed by atoms with Crippen LogP contribution in [0, 0.1) is 82.3 Å². The van der Waals surface area contributed by atoms with E-state index in [2.05, 4.69) is 9.69 Å². The molecule has 0 fully saturated rings. The van der Waals surface area contributed by atoms with E-state index in [9.17, 15) is 62.6 Å².